The third-order valence-electron chi connectivity index (χ3n) is 3.86. The maximum atomic E-state index is 5.85. The lowest BCUT2D eigenvalue weighted by Crippen LogP contribution is -2.41. The van der Waals surface area contributed by atoms with Crippen molar-refractivity contribution in [1.29, 1.82) is 0 Å². The van der Waals surface area contributed by atoms with Crippen LogP contribution in [0.15, 0.2) is 0 Å². The van der Waals surface area contributed by atoms with Crippen molar-refractivity contribution in [3.8, 4) is 0 Å². The molecule has 0 amide bonds. The topological polar surface area (TPSA) is 38.5 Å². The van der Waals surface area contributed by atoms with Crippen LogP contribution in [0.4, 0.5) is 0 Å². The summed E-state index contributed by atoms with van der Waals surface area (Å²) >= 11 is 0. The summed E-state index contributed by atoms with van der Waals surface area (Å²) in [5.41, 5.74) is 6.34. The Morgan fingerprint density at radius 1 is 1.33 bits per heavy atom. The van der Waals surface area contributed by atoms with E-state index in [2.05, 4.69) is 11.8 Å². The molecular weight excluding hydrogens is 188 g/mol. The van der Waals surface area contributed by atoms with E-state index in [0.29, 0.717) is 5.41 Å². The summed E-state index contributed by atoms with van der Waals surface area (Å²) in [6, 6.07) is 0. The molecule has 3 nitrogen and oxygen atoms in total. The van der Waals surface area contributed by atoms with E-state index in [4.69, 9.17) is 10.5 Å². The molecule has 0 bridgehead atoms. The van der Waals surface area contributed by atoms with Crippen LogP contribution in [0.2, 0.25) is 0 Å². The first kappa shape index (κ1) is 12.9. The van der Waals surface area contributed by atoms with Crippen molar-refractivity contribution >= 4 is 0 Å². The molecule has 0 spiro atoms. The van der Waals surface area contributed by atoms with Gasteiger partial charge >= 0.3 is 0 Å². The first-order valence-corrected chi connectivity index (χ1v) is 6.18. The van der Waals surface area contributed by atoms with E-state index in [0.717, 1.165) is 26.2 Å². The molecule has 15 heavy (non-hydrogen) atoms. The van der Waals surface area contributed by atoms with Crippen LogP contribution < -0.4 is 5.73 Å². The second kappa shape index (κ2) is 6.46. The SMILES string of the molecule is CCN(CCOC)CCC1(CN)CCC1. The Bertz CT molecular complexity index is 163. The Balaban J connectivity index is 2.20. The van der Waals surface area contributed by atoms with Gasteiger partial charge in [0, 0.05) is 13.7 Å². The van der Waals surface area contributed by atoms with Crippen molar-refractivity contribution < 1.29 is 4.74 Å². The molecule has 2 N–H and O–H groups in total. The number of ether oxygens (including phenoxy) is 1. The highest BCUT2D eigenvalue weighted by Crippen LogP contribution is 2.42. The summed E-state index contributed by atoms with van der Waals surface area (Å²) in [5.74, 6) is 0. The molecule has 1 aliphatic carbocycles. The van der Waals surface area contributed by atoms with E-state index in [9.17, 15) is 0 Å². The fraction of sp³-hybridized carbons (Fsp3) is 1.00. The maximum absolute atomic E-state index is 5.85. The van der Waals surface area contributed by atoms with E-state index in [1.807, 2.05) is 0 Å². The normalized spacial score (nSPS) is 19.2. The number of hydrogen-bond acceptors (Lipinski definition) is 3. The van der Waals surface area contributed by atoms with Gasteiger partial charge in [-0.05, 0) is 44.3 Å². The smallest absolute Gasteiger partial charge is 0.0589 e. The van der Waals surface area contributed by atoms with Crippen molar-refractivity contribution in [1.82, 2.24) is 4.90 Å². The number of methoxy groups -OCH3 is 1. The molecule has 0 atom stereocenters. The average Bonchev–Trinajstić information content (AvgIpc) is 2.21. The highest BCUT2D eigenvalue weighted by molar-refractivity contribution is 4.89. The molecule has 0 aromatic heterocycles. The van der Waals surface area contributed by atoms with Crippen molar-refractivity contribution in [2.75, 3.05) is 39.9 Å². The number of hydrogen-bond donors (Lipinski definition) is 1. The molecule has 1 fully saturated rings. The Morgan fingerprint density at radius 3 is 2.47 bits per heavy atom. The molecule has 0 aromatic rings. The molecule has 3 heteroatoms. The number of nitrogens with zero attached hydrogens (tertiary/aromatic N) is 1. The largest absolute Gasteiger partial charge is 0.383 e. The van der Waals surface area contributed by atoms with Gasteiger partial charge in [-0.25, -0.2) is 0 Å². The molecule has 0 heterocycles. The maximum Gasteiger partial charge on any atom is 0.0589 e. The van der Waals surface area contributed by atoms with E-state index in [1.165, 1.54) is 32.2 Å². The molecule has 0 saturated heterocycles. The summed E-state index contributed by atoms with van der Waals surface area (Å²) in [5, 5.41) is 0. The van der Waals surface area contributed by atoms with E-state index in [-0.39, 0.29) is 0 Å². The Morgan fingerprint density at radius 2 is 2.07 bits per heavy atom. The molecule has 1 rings (SSSR count). The van der Waals surface area contributed by atoms with Gasteiger partial charge in [0.2, 0.25) is 0 Å². The van der Waals surface area contributed by atoms with Crippen molar-refractivity contribution in [3.63, 3.8) is 0 Å². The van der Waals surface area contributed by atoms with E-state index in [1.54, 1.807) is 7.11 Å². The Kier molecular flexibility index (Phi) is 5.58. The molecular formula is C12H26N2O. The second-order valence-corrected chi connectivity index (χ2v) is 4.73. The Hall–Kier alpha value is -0.120. The zero-order valence-electron chi connectivity index (χ0n) is 10.3. The summed E-state index contributed by atoms with van der Waals surface area (Å²) in [6.45, 7) is 7.26. The second-order valence-electron chi connectivity index (χ2n) is 4.73. The van der Waals surface area contributed by atoms with Crippen LogP contribution in [0.1, 0.15) is 32.6 Å². The minimum absolute atomic E-state index is 0.487. The fourth-order valence-corrected chi connectivity index (χ4v) is 2.28. The van der Waals surface area contributed by atoms with Crippen LogP contribution in [0.5, 0.6) is 0 Å². The highest BCUT2D eigenvalue weighted by Gasteiger charge is 2.35. The molecule has 0 aromatic carbocycles. The van der Waals surface area contributed by atoms with Gasteiger partial charge in [-0.2, -0.15) is 0 Å². The van der Waals surface area contributed by atoms with Crippen molar-refractivity contribution in [2.24, 2.45) is 11.1 Å². The van der Waals surface area contributed by atoms with Gasteiger partial charge < -0.3 is 15.4 Å². The minimum Gasteiger partial charge on any atom is -0.383 e. The van der Waals surface area contributed by atoms with Gasteiger partial charge in [0.1, 0.15) is 0 Å². The van der Waals surface area contributed by atoms with Crippen LogP contribution in [0.3, 0.4) is 0 Å². The van der Waals surface area contributed by atoms with Gasteiger partial charge in [0.25, 0.3) is 0 Å². The average molecular weight is 214 g/mol. The van der Waals surface area contributed by atoms with Crippen LogP contribution >= 0.6 is 0 Å². The van der Waals surface area contributed by atoms with Crippen molar-refractivity contribution in [2.45, 2.75) is 32.6 Å². The zero-order valence-corrected chi connectivity index (χ0v) is 10.3. The standard InChI is InChI=1S/C12H26N2O/c1-3-14(9-10-15-2)8-7-12(11-13)5-4-6-12/h3-11,13H2,1-2H3. The third kappa shape index (κ3) is 3.74. The van der Waals surface area contributed by atoms with Gasteiger partial charge in [-0.3, -0.25) is 0 Å². The highest BCUT2D eigenvalue weighted by atomic mass is 16.5. The quantitative estimate of drug-likeness (QED) is 0.665. The van der Waals surface area contributed by atoms with Gasteiger partial charge in [0.15, 0.2) is 0 Å². The molecule has 0 unspecified atom stereocenters. The Labute approximate surface area is 94.0 Å². The van der Waals surface area contributed by atoms with Gasteiger partial charge in [-0.1, -0.05) is 13.3 Å². The zero-order chi connectivity index (χ0) is 11.1. The lowest BCUT2D eigenvalue weighted by molar-refractivity contribution is 0.0941. The van der Waals surface area contributed by atoms with E-state index < -0.39 is 0 Å². The number of likely N-dealkylation sites (N-methyl/N-ethyl adjacent to an activating group) is 1. The summed E-state index contributed by atoms with van der Waals surface area (Å²) in [7, 11) is 1.77. The first-order chi connectivity index (χ1) is 7.26. The fourth-order valence-electron chi connectivity index (χ4n) is 2.28. The van der Waals surface area contributed by atoms with E-state index >= 15 is 0 Å². The molecule has 90 valence electrons. The van der Waals surface area contributed by atoms with Crippen LogP contribution in [0, 0.1) is 5.41 Å². The van der Waals surface area contributed by atoms with Crippen LogP contribution in [-0.4, -0.2) is 44.8 Å². The van der Waals surface area contributed by atoms with Crippen molar-refractivity contribution in [3.05, 3.63) is 0 Å². The predicted octanol–water partition coefficient (Wildman–Crippen LogP) is 1.47. The lowest BCUT2D eigenvalue weighted by atomic mass is 9.66. The minimum atomic E-state index is 0.487. The molecule has 0 aliphatic heterocycles. The molecule has 1 saturated carbocycles. The van der Waals surface area contributed by atoms with Gasteiger partial charge in [-0.15, -0.1) is 0 Å². The van der Waals surface area contributed by atoms with Crippen LogP contribution in [0.25, 0.3) is 0 Å². The predicted molar refractivity (Wildman–Crippen MR) is 63.9 cm³/mol. The summed E-state index contributed by atoms with van der Waals surface area (Å²) < 4.78 is 5.11. The monoisotopic (exact) mass is 214 g/mol. The van der Waals surface area contributed by atoms with Gasteiger partial charge in [0.05, 0.1) is 6.61 Å². The number of rotatable bonds is 8. The lowest BCUT2D eigenvalue weighted by Gasteiger charge is -2.42. The number of nitrogens with two attached hydrogens (primary N) is 1. The third-order valence-corrected chi connectivity index (χ3v) is 3.86. The molecule has 1 aliphatic rings. The van der Waals surface area contributed by atoms with Crippen LogP contribution in [-0.2, 0) is 4.74 Å². The molecule has 0 radical (unpaired) electrons. The first-order valence-electron chi connectivity index (χ1n) is 6.18. The summed E-state index contributed by atoms with van der Waals surface area (Å²) in [4.78, 5) is 2.46. The summed E-state index contributed by atoms with van der Waals surface area (Å²) in [6.07, 6.45) is 5.32.